The number of benzene rings is 2. The Bertz CT molecular complexity index is 999. The molecule has 0 spiro atoms. The molecule has 0 saturated heterocycles. The lowest BCUT2D eigenvalue weighted by molar-refractivity contribution is -0.115. The smallest absolute Gasteiger partial charge is 0.229 e. The quantitative estimate of drug-likeness (QED) is 0.515. The van der Waals surface area contributed by atoms with Crippen molar-refractivity contribution in [2.45, 2.75) is 51.4 Å². The molecule has 31 heavy (non-hydrogen) atoms. The van der Waals surface area contributed by atoms with Crippen molar-refractivity contribution in [3.63, 3.8) is 0 Å². The summed E-state index contributed by atoms with van der Waals surface area (Å²) in [5.74, 6) is 0.855. The van der Waals surface area contributed by atoms with Crippen LogP contribution >= 0.6 is 0 Å². The highest BCUT2D eigenvalue weighted by Crippen LogP contribution is 2.29. The van der Waals surface area contributed by atoms with Gasteiger partial charge >= 0.3 is 0 Å². The van der Waals surface area contributed by atoms with Crippen molar-refractivity contribution in [3.05, 3.63) is 77.9 Å². The summed E-state index contributed by atoms with van der Waals surface area (Å²) in [5.41, 5.74) is 3.27. The van der Waals surface area contributed by atoms with Crippen LogP contribution in [0.4, 0.5) is 10.2 Å². The average molecular weight is 418 g/mol. The second-order valence-electron chi connectivity index (χ2n) is 8.31. The first-order chi connectivity index (χ1) is 15.2. The van der Waals surface area contributed by atoms with E-state index in [1.54, 1.807) is 18.3 Å². The fourth-order valence-corrected chi connectivity index (χ4v) is 4.24. The highest BCUT2D eigenvalue weighted by Gasteiger charge is 2.17. The summed E-state index contributed by atoms with van der Waals surface area (Å²) in [6.45, 7) is 0. The van der Waals surface area contributed by atoms with E-state index in [-0.39, 0.29) is 11.7 Å². The van der Waals surface area contributed by atoms with Gasteiger partial charge in [-0.05, 0) is 48.6 Å². The number of aryl methyl sites for hydroxylation is 1. The fourth-order valence-electron chi connectivity index (χ4n) is 4.24. The van der Waals surface area contributed by atoms with E-state index < -0.39 is 0 Å². The summed E-state index contributed by atoms with van der Waals surface area (Å²) in [6.07, 6.45) is 10.2. The van der Waals surface area contributed by atoms with E-state index in [1.165, 1.54) is 44.2 Å². The summed E-state index contributed by atoms with van der Waals surface area (Å²) in [5, 5.41) is 2.96. The van der Waals surface area contributed by atoms with Gasteiger partial charge in [-0.25, -0.2) is 14.4 Å². The fraction of sp³-hybridized carbons (Fsp3) is 0.346. The molecule has 0 aliphatic heterocycles. The Morgan fingerprint density at radius 3 is 2.48 bits per heavy atom. The third kappa shape index (κ3) is 5.97. The van der Waals surface area contributed by atoms with E-state index in [2.05, 4.69) is 10.3 Å². The highest BCUT2D eigenvalue weighted by molar-refractivity contribution is 5.91. The van der Waals surface area contributed by atoms with Crippen LogP contribution in [0, 0.1) is 11.7 Å². The molecule has 1 amide bonds. The van der Waals surface area contributed by atoms with Crippen LogP contribution in [-0.2, 0) is 17.6 Å². The maximum Gasteiger partial charge on any atom is 0.229 e. The minimum atomic E-state index is -0.279. The molecule has 0 atom stereocenters. The van der Waals surface area contributed by atoms with Gasteiger partial charge in [-0.3, -0.25) is 4.79 Å². The first-order valence-corrected chi connectivity index (χ1v) is 11.1. The first kappa shape index (κ1) is 21.2. The predicted octanol–water partition coefficient (Wildman–Crippen LogP) is 5.98. The number of amides is 1. The van der Waals surface area contributed by atoms with E-state index in [0.717, 1.165) is 29.7 Å². The maximum absolute atomic E-state index is 13.3. The minimum Gasteiger partial charge on any atom is -0.309 e. The number of halogens is 1. The van der Waals surface area contributed by atoms with Crippen LogP contribution in [0.2, 0.25) is 0 Å². The molecule has 1 fully saturated rings. The number of rotatable bonds is 7. The van der Waals surface area contributed by atoms with Crippen molar-refractivity contribution in [2.75, 3.05) is 5.32 Å². The lowest BCUT2D eigenvalue weighted by Crippen LogP contribution is -2.18. The molecule has 1 aliphatic rings. The van der Waals surface area contributed by atoms with Crippen LogP contribution in [0.1, 0.15) is 49.8 Å². The lowest BCUT2D eigenvalue weighted by Gasteiger charge is -2.21. The van der Waals surface area contributed by atoms with Gasteiger partial charge in [-0.15, -0.1) is 0 Å². The van der Waals surface area contributed by atoms with Gasteiger partial charge in [-0.2, -0.15) is 0 Å². The number of aromatic nitrogens is 2. The third-order valence-electron chi connectivity index (χ3n) is 5.96. The van der Waals surface area contributed by atoms with Gasteiger partial charge in [-0.1, -0.05) is 62.4 Å². The number of carbonyl (C=O) groups is 1. The molecule has 1 heterocycles. The Hall–Kier alpha value is -3.08. The molecule has 0 bridgehead atoms. The van der Waals surface area contributed by atoms with Crippen molar-refractivity contribution >= 4 is 11.7 Å². The molecule has 1 saturated carbocycles. The minimum absolute atomic E-state index is 0.103. The van der Waals surface area contributed by atoms with Crippen molar-refractivity contribution < 1.29 is 9.18 Å². The summed E-state index contributed by atoms with van der Waals surface area (Å²) in [6, 6.07) is 15.9. The Morgan fingerprint density at radius 1 is 1.00 bits per heavy atom. The molecule has 1 aliphatic carbocycles. The zero-order valence-corrected chi connectivity index (χ0v) is 17.7. The number of hydrogen-bond donors (Lipinski definition) is 1. The number of nitrogens with zero attached hydrogens (tertiary/aromatic N) is 2. The molecule has 2 aromatic carbocycles. The summed E-state index contributed by atoms with van der Waals surface area (Å²) < 4.78 is 13.3. The normalized spacial score (nSPS) is 14.4. The number of carbonyl (C=O) groups excluding carboxylic acids is 1. The molecule has 1 N–H and O–H groups in total. The first-order valence-electron chi connectivity index (χ1n) is 11.1. The van der Waals surface area contributed by atoms with Crippen LogP contribution < -0.4 is 5.32 Å². The lowest BCUT2D eigenvalue weighted by atomic mass is 9.86. The SMILES string of the molecule is O=C(Cc1ccccc1)Nc1ncc(-c2ccc(F)cc2)nc1CCC1CCCCC1. The molecule has 4 nitrogen and oxygen atoms in total. The Morgan fingerprint density at radius 2 is 1.74 bits per heavy atom. The van der Waals surface area contributed by atoms with E-state index in [4.69, 9.17) is 4.98 Å². The maximum atomic E-state index is 13.3. The molecule has 1 aromatic heterocycles. The Labute approximate surface area is 183 Å². The average Bonchev–Trinajstić information content (AvgIpc) is 2.80. The highest BCUT2D eigenvalue weighted by atomic mass is 19.1. The largest absolute Gasteiger partial charge is 0.309 e. The standard InChI is InChI=1S/C26H28FN3O/c27-22-14-12-21(13-15-22)24-18-28-26(30-25(31)17-20-9-5-2-6-10-20)23(29-24)16-11-19-7-3-1-4-8-19/h2,5-6,9-10,12-15,18-19H,1,3-4,7-8,11,16-17H2,(H,28,30,31). The predicted molar refractivity (Wildman–Crippen MR) is 121 cm³/mol. The van der Waals surface area contributed by atoms with Gasteiger partial charge in [0.25, 0.3) is 0 Å². The van der Waals surface area contributed by atoms with Crippen molar-refractivity contribution in [3.8, 4) is 11.3 Å². The van der Waals surface area contributed by atoms with Gasteiger partial charge in [0.15, 0.2) is 5.82 Å². The molecule has 3 aromatic rings. The monoisotopic (exact) mass is 417 g/mol. The van der Waals surface area contributed by atoms with E-state index >= 15 is 0 Å². The molecule has 160 valence electrons. The summed E-state index contributed by atoms with van der Waals surface area (Å²) in [7, 11) is 0. The van der Waals surface area contributed by atoms with Gasteiger partial charge in [0, 0.05) is 5.56 Å². The second-order valence-corrected chi connectivity index (χ2v) is 8.31. The summed E-state index contributed by atoms with van der Waals surface area (Å²) in [4.78, 5) is 22.0. The van der Waals surface area contributed by atoms with E-state index in [1.807, 2.05) is 30.3 Å². The van der Waals surface area contributed by atoms with Crippen molar-refractivity contribution in [1.29, 1.82) is 0 Å². The molecular formula is C26H28FN3O. The van der Waals surface area contributed by atoms with Crippen LogP contribution in [0.3, 0.4) is 0 Å². The molecule has 0 unspecified atom stereocenters. The topological polar surface area (TPSA) is 54.9 Å². The molecule has 4 rings (SSSR count). The van der Waals surface area contributed by atoms with E-state index in [9.17, 15) is 9.18 Å². The summed E-state index contributed by atoms with van der Waals surface area (Å²) >= 11 is 0. The zero-order chi connectivity index (χ0) is 21.5. The molecule has 5 heteroatoms. The van der Waals surface area contributed by atoms with Crippen LogP contribution in [0.25, 0.3) is 11.3 Å². The molecular weight excluding hydrogens is 389 g/mol. The Balaban J connectivity index is 1.53. The van der Waals surface area contributed by atoms with Gasteiger partial charge < -0.3 is 5.32 Å². The van der Waals surface area contributed by atoms with Crippen LogP contribution in [0.15, 0.2) is 60.8 Å². The zero-order valence-electron chi connectivity index (χ0n) is 17.7. The number of nitrogens with one attached hydrogen (secondary N) is 1. The van der Waals surface area contributed by atoms with Crippen LogP contribution in [-0.4, -0.2) is 15.9 Å². The van der Waals surface area contributed by atoms with Crippen molar-refractivity contribution in [1.82, 2.24) is 9.97 Å². The number of anilines is 1. The number of hydrogen-bond acceptors (Lipinski definition) is 3. The van der Waals surface area contributed by atoms with E-state index in [0.29, 0.717) is 23.9 Å². The second kappa shape index (κ2) is 10.3. The van der Waals surface area contributed by atoms with Gasteiger partial charge in [0.1, 0.15) is 5.82 Å². The van der Waals surface area contributed by atoms with Crippen molar-refractivity contribution in [2.24, 2.45) is 5.92 Å². The van der Waals surface area contributed by atoms with Gasteiger partial charge in [0.05, 0.1) is 24.0 Å². The third-order valence-corrected chi connectivity index (χ3v) is 5.96. The molecule has 0 radical (unpaired) electrons. The Kier molecular flexibility index (Phi) is 7.03. The van der Waals surface area contributed by atoms with Gasteiger partial charge in [0.2, 0.25) is 5.91 Å². The van der Waals surface area contributed by atoms with Crippen LogP contribution in [0.5, 0.6) is 0 Å².